The molecule has 1 rings (SSSR count). The van der Waals surface area contributed by atoms with E-state index in [0.29, 0.717) is 6.54 Å². The Morgan fingerprint density at radius 1 is 1.50 bits per heavy atom. The molecule has 0 atom stereocenters. The van der Waals surface area contributed by atoms with Crippen molar-refractivity contribution in [2.24, 2.45) is 0 Å². The maximum atomic E-state index is 9.13. The summed E-state index contributed by atoms with van der Waals surface area (Å²) in [5.74, 6) is 2.52. The quantitative estimate of drug-likeness (QED) is 0.663. The number of rotatable bonds is 3. The molecular formula is C11H17N3. The number of nitrogens with zero attached hydrogens (tertiary/aromatic N) is 2. The highest BCUT2D eigenvalue weighted by atomic mass is 15.1. The average Bonchev–Trinajstić information content (AvgIpc) is 2.27. The summed E-state index contributed by atoms with van der Waals surface area (Å²) in [5.41, 5.74) is -0.377. The zero-order valence-electron chi connectivity index (χ0n) is 8.71. The fourth-order valence-corrected chi connectivity index (χ4v) is 1.80. The molecule has 1 saturated heterocycles. The molecule has 14 heavy (non-hydrogen) atoms. The lowest BCUT2D eigenvalue weighted by Gasteiger charge is -2.37. The van der Waals surface area contributed by atoms with Crippen LogP contribution in [0, 0.1) is 23.7 Å². The van der Waals surface area contributed by atoms with E-state index in [9.17, 15) is 0 Å². The van der Waals surface area contributed by atoms with Gasteiger partial charge in [-0.1, -0.05) is 12.8 Å². The van der Waals surface area contributed by atoms with Gasteiger partial charge in [0.25, 0.3) is 0 Å². The van der Waals surface area contributed by atoms with E-state index in [0.717, 1.165) is 32.5 Å². The fourth-order valence-electron chi connectivity index (χ4n) is 1.80. The van der Waals surface area contributed by atoms with Crippen molar-refractivity contribution in [1.29, 1.82) is 5.26 Å². The Balaban J connectivity index is 2.50. The van der Waals surface area contributed by atoms with E-state index in [1.165, 1.54) is 0 Å². The van der Waals surface area contributed by atoms with Gasteiger partial charge in [0.2, 0.25) is 0 Å². The predicted octanol–water partition coefficient (Wildman–Crippen LogP) is 0.587. The van der Waals surface area contributed by atoms with Crippen molar-refractivity contribution in [2.75, 3.05) is 26.2 Å². The van der Waals surface area contributed by atoms with Crippen molar-refractivity contribution < 1.29 is 0 Å². The summed E-state index contributed by atoms with van der Waals surface area (Å²) in [6.45, 7) is 5.67. The summed E-state index contributed by atoms with van der Waals surface area (Å²) in [7, 11) is 0. The van der Waals surface area contributed by atoms with E-state index >= 15 is 0 Å². The van der Waals surface area contributed by atoms with Gasteiger partial charge in [0.15, 0.2) is 0 Å². The van der Waals surface area contributed by atoms with Crippen molar-refractivity contribution in [3.8, 4) is 18.4 Å². The van der Waals surface area contributed by atoms with Gasteiger partial charge in [-0.3, -0.25) is 5.32 Å². The van der Waals surface area contributed by atoms with E-state index in [1.54, 1.807) is 0 Å². The second kappa shape index (κ2) is 5.00. The highest BCUT2D eigenvalue weighted by Gasteiger charge is 2.33. The summed E-state index contributed by atoms with van der Waals surface area (Å²) in [6.07, 6.45) is 6.93. The minimum atomic E-state index is -0.377. The lowest BCUT2D eigenvalue weighted by Crippen LogP contribution is -2.52. The van der Waals surface area contributed by atoms with E-state index in [2.05, 4.69) is 29.1 Å². The van der Waals surface area contributed by atoms with Crippen LogP contribution in [0.5, 0.6) is 0 Å². The largest absolute Gasteiger partial charge is 0.303 e. The summed E-state index contributed by atoms with van der Waals surface area (Å²) in [4.78, 5) is 2.35. The minimum Gasteiger partial charge on any atom is -0.303 e. The van der Waals surface area contributed by atoms with Crippen molar-refractivity contribution in [3.63, 3.8) is 0 Å². The normalized spacial score (nSPS) is 21.1. The molecule has 1 heterocycles. The van der Waals surface area contributed by atoms with Crippen molar-refractivity contribution in [1.82, 2.24) is 10.2 Å². The van der Waals surface area contributed by atoms with E-state index in [1.807, 2.05) is 0 Å². The van der Waals surface area contributed by atoms with Gasteiger partial charge in [0, 0.05) is 13.1 Å². The third kappa shape index (κ3) is 2.48. The lowest BCUT2D eigenvalue weighted by atomic mass is 9.89. The molecule has 0 unspecified atom stereocenters. The zero-order chi connectivity index (χ0) is 10.4. The molecule has 0 aromatic carbocycles. The number of likely N-dealkylation sites (tertiary alicyclic amines) is 1. The Morgan fingerprint density at radius 2 is 2.14 bits per heavy atom. The van der Waals surface area contributed by atoms with Crippen LogP contribution in [0.4, 0.5) is 0 Å². The van der Waals surface area contributed by atoms with E-state index in [-0.39, 0.29) is 5.54 Å². The topological polar surface area (TPSA) is 39.1 Å². The SMILES string of the molecule is C#CCNC1(C#N)CCN(CC)CC1. The monoisotopic (exact) mass is 191 g/mol. The average molecular weight is 191 g/mol. The van der Waals surface area contributed by atoms with Gasteiger partial charge in [-0.15, -0.1) is 6.42 Å². The van der Waals surface area contributed by atoms with Gasteiger partial charge in [0.1, 0.15) is 5.54 Å². The molecule has 1 fully saturated rings. The summed E-state index contributed by atoms with van der Waals surface area (Å²) >= 11 is 0. The van der Waals surface area contributed by atoms with Crippen LogP contribution in [0.1, 0.15) is 19.8 Å². The van der Waals surface area contributed by atoms with Gasteiger partial charge in [0.05, 0.1) is 12.6 Å². The van der Waals surface area contributed by atoms with Crippen LogP contribution in [0.25, 0.3) is 0 Å². The predicted molar refractivity (Wildman–Crippen MR) is 56.5 cm³/mol. The molecule has 76 valence electrons. The molecule has 0 radical (unpaired) electrons. The number of nitrogens with one attached hydrogen (secondary N) is 1. The molecule has 1 aliphatic rings. The van der Waals surface area contributed by atoms with E-state index < -0.39 is 0 Å². The molecule has 3 heteroatoms. The summed E-state index contributed by atoms with van der Waals surface area (Å²) < 4.78 is 0. The van der Waals surface area contributed by atoms with Crippen molar-refractivity contribution in [2.45, 2.75) is 25.3 Å². The Morgan fingerprint density at radius 3 is 2.57 bits per heavy atom. The number of piperidine rings is 1. The maximum absolute atomic E-state index is 9.13. The number of terminal acetylenes is 1. The Bertz CT molecular complexity index is 251. The first-order valence-corrected chi connectivity index (χ1v) is 5.08. The van der Waals surface area contributed by atoms with Gasteiger partial charge >= 0.3 is 0 Å². The van der Waals surface area contributed by atoms with Crippen LogP contribution < -0.4 is 5.32 Å². The van der Waals surface area contributed by atoms with Crippen molar-refractivity contribution >= 4 is 0 Å². The summed E-state index contributed by atoms with van der Waals surface area (Å²) in [5, 5.41) is 12.3. The molecule has 0 spiro atoms. The van der Waals surface area contributed by atoms with Crippen molar-refractivity contribution in [3.05, 3.63) is 0 Å². The van der Waals surface area contributed by atoms with Gasteiger partial charge in [-0.05, 0) is 19.4 Å². The molecule has 3 nitrogen and oxygen atoms in total. The molecule has 0 bridgehead atoms. The highest BCUT2D eigenvalue weighted by Crippen LogP contribution is 2.20. The van der Waals surface area contributed by atoms with Crippen LogP contribution >= 0.6 is 0 Å². The first kappa shape index (κ1) is 11.0. The summed E-state index contributed by atoms with van der Waals surface area (Å²) in [6, 6.07) is 2.36. The van der Waals surface area contributed by atoms with Crippen LogP contribution in [0.15, 0.2) is 0 Å². The lowest BCUT2D eigenvalue weighted by molar-refractivity contribution is 0.177. The standard InChI is InChI=1S/C11H17N3/c1-3-7-13-11(10-12)5-8-14(4-2)9-6-11/h1,13H,4-9H2,2H3. The van der Waals surface area contributed by atoms with Crippen LogP contribution in [-0.2, 0) is 0 Å². The third-order valence-corrected chi connectivity index (χ3v) is 2.90. The fraction of sp³-hybridized carbons (Fsp3) is 0.727. The first-order chi connectivity index (χ1) is 6.76. The molecular weight excluding hydrogens is 174 g/mol. The van der Waals surface area contributed by atoms with Gasteiger partial charge in [-0.25, -0.2) is 0 Å². The molecule has 0 amide bonds. The van der Waals surface area contributed by atoms with Crippen LogP contribution in [0.2, 0.25) is 0 Å². The Hall–Kier alpha value is -1.03. The van der Waals surface area contributed by atoms with Crippen LogP contribution in [-0.4, -0.2) is 36.6 Å². The molecule has 0 saturated carbocycles. The zero-order valence-corrected chi connectivity index (χ0v) is 8.71. The third-order valence-electron chi connectivity index (χ3n) is 2.90. The second-order valence-electron chi connectivity index (χ2n) is 3.69. The molecule has 1 N–H and O–H groups in total. The van der Waals surface area contributed by atoms with Gasteiger partial charge in [-0.2, -0.15) is 5.26 Å². The molecule has 0 aromatic heterocycles. The Labute approximate surface area is 86.1 Å². The Kier molecular flexibility index (Phi) is 3.95. The maximum Gasteiger partial charge on any atom is 0.109 e. The van der Waals surface area contributed by atoms with Crippen LogP contribution in [0.3, 0.4) is 0 Å². The van der Waals surface area contributed by atoms with E-state index in [4.69, 9.17) is 11.7 Å². The van der Waals surface area contributed by atoms with Gasteiger partial charge < -0.3 is 4.90 Å². The smallest absolute Gasteiger partial charge is 0.109 e. The number of hydrogen-bond donors (Lipinski definition) is 1. The number of nitriles is 1. The molecule has 0 aliphatic carbocycles. The number of hydrogen-bond acceptors (Lipinski definition) is 3. The second-order valence-corrected chi connectivity index (χ2v) is 3.69. The minimum absolute atomic E-state index is 0.377. The molecule has 0 aromatic rings. The highest BCUT2D eigenvalue weighted by molar-refractivity contribution is 5.11. The molecule has 1 aliphatic heterocycles. The first-order valence-electron chi connectivity index (χ1n) is 5.08.